The van der Waals surface area contributed by atoms with Crippen molar-refractivity contribution < 1.29 is 14.9 Å². The fourth-order valence-corrected chi connectivity index (χ4v) is 5.08. The first-order chi connectivity index (χ1) is 13.1. The van der Waals surface area contributed by atoms with Gasteiger partial charge in [-0.2, -0.15) is 0 Å². The zero-order chi connectivity index (χ0) is 18.9. The summed E-state index contributed by atoms with van der Waals surface area (Å²) in [5.41, 5.74) is 2.16. The zero-order valence-electron chi connectivity index (χ0n) is 15.9. The first-order valence-electron chi connectivity index (χ1n) is 9.85. The van der Waals surface area contributed by atoms with Gasteiger partial charge in [0.25, 0.3) is 0 Å². The van der Waals surface area contributed by atoms with Gasteiger partial charge in [-0.05, 0) is 47.9 Å². The molecule has 0 amide bonds. The second-order valence-corrected chi connectivity index (χ2v) is 8.30. The molecular weight excluding hydrogens is 338 g/mol. The molecule has 1 saturated carbocycles. The summed E-state index contributed by atoms with van der Waals surface area (Å²) in [7, 11) is 1.86. The average Bonchev–Trinajstić information content (AvgIpc) is 3.18. The molecule has 2 aromatic rings. The van der Waals surface area contributed by atoms with E-state index in [4.69, 9.17) is 4.74 Å². The molecule has 0 bridgehead atoms. The first kappa shape index (κ1) is 18.5. The van der Waals surface area contributed by atoms with Gasteiger partial charge in [-0.1, -0.05) is 42.5 Å². The van der Waals surface area contributed by atoms with Crippen molar-refractivity contribution in [2.75, 3.05) is 26.7 Å². The third-order valence-corrected chi connectivity index (χ3v) is 6.43. The van der Waals surface area contributed by atoms with Crippen LogP contribution in [0.1, 0.15) is 30.1 Å². The highest BCUT2D eigenvalue weighted by atomic mass is 16.5. The van der Waals surface area contributed by atoms with Crippen molar-refractivity contribution >= 4 is 0 Å². The molecule has 2 unspecified atom stereocenters. The Hall–Kier alpha value is -1.88. The Morgan fingerprint density at radius 3 is 2.26 bits per heavy atom. The molecule has 2 N–H and O–H groups in total. The van der Waals surface area contributed by atoms with Crippen LogP contribution in [0.5, 0.6) is 5.75 Å². The van der Waals surface area contributed by atoms with Gasteiger partial charge in [-0.15, -0.1) is 0 Å². The molecule has 4 rings (SSSR count). The third kappa shape index (κ3) is 4.03. The average molecular weight is 367 g/mol. The number of phenols is 1. The van der Waals surface area contributed by atoms with E-state index >= 15 is 0 Å². The van der Waals surface area contributed by atoms with Crippen LogP contribution in [0, 0.1) is 11.8 Å². The van der Waals surface area contributed by atoms with Crippen molar-refractivity contribution in [3.8, 4) is 5.75 Å². The van der Waals surface area contributed by atoms with Crippen molar-refractivity contribution in [1.29, 1.82) is 0 Å². The predicted octanol–water partition coefficient (Wildman–Crippen LogP) is 3.40. The van der Waals surface area contributed by atoms with Crippen LogP contribution < -0.4 is 0 Å². The molecule has 0 aromatic heterocycles. The van der Waals surface area contributed by atoms with Crippen LogP contribution in [0.15, 0.2) is 54.6 Å². The van der Waals surface area contributed by atoms with Gasteiger partial charge >= 0.3 is 0 Å². The number of likely N-dealkylation sites (tertiary alicyclic amines) is 1. The summed E-state index contributed by atoms with van der Waals surface area (Å²) in [4.78, 5) is 2.38. The van der Waals surface area contributed by atoms with Crippen molar-refractivity contribution in [2.45, 2.75) is 31.0 Å². The molecule has 27 heavy (non-hydrogen) atoms. The SMILES string of the molecule is COC1(Cc2ccccc2)C[C@H]2CN(CC(O)c3ccc(O)cc3)C[C@H]2C1. The molecule has 1 aliphatic carbocycles. The van der Waals surface area contributed by atoms with Gasteiger partial charge in [0.1, 0.15) is 5.75 Å². The van der Waals surface area contributed by atoms with Crippen molar-refractivity contribution in [1.82, 2.24) is 4.90 Å². The van der Waals surface area contributed by atoms with Crippen LogP contribution >= 0.6 is 0 Å². The highest BCUT2D eigenvalue weighted by Crippen LogP contribution is 2.47. The molecule has 0 radical (unpaired) electrons. The molecule has 4 atom stereocenters. The Morgan fingerprint density at radius 1 is 1.04 bits per heavy atom. The van der Waals surface area contributed by atoms with Gasteiger partial charge in [-0.25, -0.2) is 0 Å². The van der Waals surface area contributed by atoms with E-state index in [1.165, 1.54) is 5.56 Å². The number of aromatic hydroxyl groups is 1. The molecular formula is C23H29NO3. The maximum atomic E-state index is 10.5. The van der Waals surface area contributed by atoms with Crippen LogP contribution in [0.3, 0.4) is 0 Å². The number of methoxy groups -OCH3 is 1. The maximum Gasteiger partial charge on any atom is 0.115 e. The summed E-state index contributed by atoms with van der Waals surface area (Å²) in [6.07, 6.45) is 2.65. The standard InChI is InChI=1S/C23H29NO3/c1-27-23(11-17-5-3-2-4-6-17)12-19-14-24(15-20(19)13-23)16-22(26)18-7-9-21(25)10-8-18/h2-10,19-20,22,25-26H,11-16H2,1H3/t19-,20+,22?,23?. The Kier molecular flexibility index (Phi) is 5.22. The van der Waals surface area contributed by atoms with E-state index < -0.39 is 6.10 Å². The van der Waals surface area contributed by atoms with Crippen molar-refractivity contribution in [3.05, 3.63) is 65.7 Å². The smallest absolute Gasteiger partial charge is 0.115 e. The van der Waals surface area contributed by atoms with Gasteiger partial charge in [0.05, 0.1) is 11.7 Å². The molecule has 2 aromatic carbocycles. The summed E-state index contributed by atoms with van der Waals surface area (Å²) in [6, 6.07) is 17.5. The predicted molar refractivity (Wildman–Crippen MR) is 106 cm³/mol. The number of nitrogens with zero attached hydrogens (tertiary/aromatic N) is 1. The quantitative estimate of drug-likeness (QED) is 0.822. The lowest BCUT2D eigenvalue weighted by atomic mass is 9.91. The summed E-state index contributed by atoms with van der Waals surface area (Å²) in [6.45, 7) is 2.70. The number of aliphatic hydroxyl groups excluding tert-OH is 1. The highest BCUT2D eigenvalue weighted by Gasteiger charge is 2.49. The van der Waals surface area contributed by atoms with Crippen LogP contribution in [-0.4, -0.2) is 47.5 Å². The molecule has 2 fully saturated rings. The van der Waals surface area contributed by atoms with E-state index in [1.54, 1.807) is 24.3 Å². The largest absolute Gasteiger partial charge is 0.508 e. The Labute approximate surface area is 161 Å². The van der Waals surface area contributed by atoms with E-state index in [0.717, 1.165) is 37.9 Å². The number of benzene rings is 2. The van der Waals surface area contributed by atoms with E-state index in [1.807, 2.05) is 7.11 Å². The lowest BCUT2D eigenvalue weighted by molar-refractivity contribution is -0.0141. The van der Waals surface area contributed by atoms with E-state index in [2.05, 4.69) is 35.2 Å². The number of aliphatic hydroxyl groups is 1. The molecule has 4 heteroatoms. The lowest BCUT2D eigenvalue weighted by Gasteiger charge is -2.30. The van der Waals surface area contributed by atoms with E-state index in [0.29, 0.717) is 18.4 Å². The molecule has 1 aliphatic heterocycles. The minimum Gasteiger partial charge on any atom is -0.508 e. The second kappa shape index (κ2) is 7.63. The molecule has 0 spiro atoms. The second-order valence-electron chi connectivity index (χ2n) is 8.30. The summed E-state index contributed by atoms with van der Waals surface area (Å²) < 4.78 is 6.04. The van der Waals surface area contributed by atoms with Gasteiger partial charge in [0, 0.05) is 33.2 Å². The normalized spacial score (nSPS) is 29.0. The van der Waals surface area contributed by atoms with Gasteiger partial charge in [-0.3, -0.25) is 4.90 Å². The highest BCUT2D eigenvalue weighted by molar-refractivity contribution is 5.27. The monoisotopic (exact) mass is 367 g/mol. The molecule has 1 saturated heterocycles. The number of ether oxygens (including phenoxy) is 1. The molecule has 4 nitrogen and oxygen atoms in total. The number of phenolic OH excluding ortho intramolecular Hbond substituents is 1. The number of β-amino-alcohol motifs (C(OH)–C–C–N with tert-alkyl or cyclic N) is 1. The molecule has 2 aliphatic rings. The number of rotatable bonds is 6. The van der Waals surface area contributed by atoms with Crippen LogP contribution in [0.25, 0.3) is 0 Å². The van der Waals surface area contributed by atoms with Crippen LogP contribution in [0.2, 0.25) is 0 Å². The number of fused-ring (bicyclic) bond motifs is 1. The lowest BCUT2D eigenvalue weighted by Crippen LogP contribution is -2.35. The Balaban J connectivity index is 1.35. The van der Waals surface area contributed by atoms with Crippen LogP contribution in [0.4, 0.5) is 0 Å². The number of hydrogen-bond donors (Lipinski definition) is 2. The maximum absolute atomic E-state index is 10.5. The zero-order valence-corrected chi connectivity index (χ0v) is 15.9. The van der Waals surface area contributed by atoms with Gasteiger partial charge in [0.2, 0.25) is 0 Å². The van der Waals surface area contributed by atoms with E-state index in [9.17, 15) is 10.2 Å². The summed E-state index contributed by atoms with van der Waals surface area (Å²) >= 11 is 0. The fourth-order valence-electron chi connectivity index (χ4n) is 5.08. The summed E-state index contributed by atoms with van der Waals surface area (Å²) in [5.74, 6) is 1.51. The Bertz CT molecular complexity index is 732. The molecule has 144 valence electrons. The van der Waals surface area contributed by atoms with Crippen molar-refractivity contribution in [2.24, 2.45) is 11.8 Å². The van der Waals surface area contributed by atoms with Gasteiger partial charge < -0.3 is 14.9 Å². The van der Waals surface area contributed by atoms with Crippen LogP contribution in [-0.2, 0) is 11.2 Å². The minimum atomic E-state index is -0.513. The number of hydrogen-bond acceptors (Lipinski definition) is 4. The van der Waals surface area contributed by atoms with Gasteiger partial charge in [0.15, 0.2) is 0 Å². The van der Waals surface area contributed by atoms with E-state index in [-0.39, 0.29) is 11.4 Å². The molecule has 1 heterocycles. The third-order valence-electron chi connectivity index (χ3n) is 6.43. The summed E-state index contributed by atoms with van der Waals surface area (Å²) in [5, 5.41) is 19.9. The minimum absolute atomic E-state index is 0.0433. The Morgan fingerprint density at radius 2 is 1.67 bits per heavy atom. The first-order valence-corrected chi connectivity index (χ1v) is 9.85. The topological polar surface area (TPSA) is 52.9 Å². The van der Waals surface area contributed by atoms with Crippen molar-refractivity contribution in [3.63, 3.8) is 0 Å². The fraction of sp³-hybridized carbons (Fsp3) is 0.478.